The van der Waals surface area contributed by atoms with Crippen molar-refractivity contribution in [2.24, 2.45) is 0 Å². The molecule has 0 atom stereocenters. The van der Waals surface area contributed by atoms with Crippen molar-refractivity contribution in [2.45, 2.75) is 11.6 Å². The van der Waals surface area contributed by atoms with Gasteiger partial charge in [-0.25, -0.2) is 14.0 Å². The van der Waals surface area contributed by atoms with Gasteiger partial charge in [-0.3, -0.25) is 0 Å². The van der Waals surface area contributed by atoms with Crippen molar-refractivity contribution >= 4 is 11.9 Å². The van der Waals surface area contributed by atoms with Crippen LogP contribution in [0, 0.1) is 0 Å². The van der Waals surface area contributed by atoms with Crippen molar-refractivity contribution < 1.29 is 23.5 Å². The third kappa shape index (κ3) is 1.81. The van der Waals surface area contributed by atoms with E-state index in [4.69, 9.17) is 9.47 Å². The highest BCUT2D eigenvalue weighted by molar-refractivity contribution is 6.06. The molecule has 0 unspecified atom stereocenters. The monoisotopic (exact) mass is 338 g/mol. The van der Waals surface area contributed by atoms with Gasteiger partial charge in [0, 0.05) is 17.0 Å². The predicted octanol–water partition coefficient (Wildman–Crippen LogP) is 3.00. The molecule has 0 aromatic heterocycles. The number of ether oxygens (including phenoxy) is 2. The van der Waals surface area contributed by atoms with E-state index in [0.717, 1.165) is 0 Å². The van der Waals surface area contributed by atoms with Crippen LogP contribution in [0.15, 0.2) is 59.7 Å². The van der Waals surface area contributed by atoms with Crippen LogP contribution in [0.1, 0.15) is 28.2 Å². The summed E-state index contributed by atoms with van der Waals surface area (Å²) >= 11 is 0. The van der Waals surface area contributed by atoms with Crippen LogP contribution in [0.5, 0.6) is 0 Å². The highest BCUT2D eigenvalue weighted by atomic mass is 19.1. The molecule has 0 N–H and O–H groups in total. The number of esters is 2. The Balaban J connectivity index is 2.16. The predicted molar refractivity (Wildman–Crippen MR) is 87.7 cm³/mol. The Hall–Kier alpha value is -2.95. The Morgan fingerprint density at radius 1 is 0.880 bits per heavy atom. The van der Waals surface area contributed by atoms with E-state index >= 15 is 4.39 Å². The lowest BCUT2D eigenvalue weighted by Gasteiger charge is -2.45. The van der Waals surface area contributed by atoms with Gasteiger partial charge in [0.15, 0.2) is 5.67 Å². The number of halogens is 1. The molecule has 2 aromatic rings. The number of carbonyl (C=O) groups is 2. The van der Waals surface area contributed by atoms with Crippen LogP contribution >= 0.6 is 0 Å². The summed E-state index contributed by atoms with van der Waals surface area (Å²) < 4.78 is 26.3. The molecule has 0 fully saturated rings. The highest BCUT2D eigenvalue weighted by Crippen LogP contribution is 2.59. The number of hydrogen-bond donors (Lipinski definition) is 0. The molecular formula is C20H15FO4. The summed E-state index contributed by atoms with van der Waals surface area (Å²) in [5, 5.41) is 0. The Labute approximate surface area is 143 Å². The molecule has 0 saturated heterocycles. The van der Waals surface area contributed by atoms with Gasteiger partial charge >= 0.3 is 11.9 Å². The Morgan fingerprint density at radius 3 is 1.84 bits per heavy atom. The number of hydrogen-bond acceptors (Lipinski definition) is 4. The van der Waals surface area contributed by atoms with Gasteiger partial charge < -0.3 is 9.47 Å². The van der Waals surface area contributed by atoms with E-state index in [0.29, 0.717) is 22.3 Å². The lowest BCUT2D eigenvalue weighted by molar-refractivity contribution is -0.141. The largest absolute Gasteiger partial charge is 0.466 e. The second kappa shape index (κ2) is 5.28. The van der Waals surface area contributed by atoms with E-state index in [1.165, 1.54) is 14.2 Å². The van der Waals surface area contributed by atoms with Gasteiger partial charge in [0.25, 0.3) is 0 Å². The first kappa shape index (κ1) is 15.6. The molecule has 3 aliphatic rings. The molecule has 5 heteroatoms. The lowest BCUT2D eigenvalue weighted by Crippen LogP contribution is -2.44. The summed E-state index contributed by atoms with van der Waals surface area (Å²) in [6.45, 7) is 0. The summed E-state index contributed by atoms with van der Waals surface area (Å²) in [6.07, 6.45) is 0. The van der Waals surface area contributed by atoms with Gasteiger partial charge in [-0.05, 0) is 11.1 Å². The average molecular weight is 338 g/mol. The average Bonchev–Trinajstić information content (AvgIpc) is 2.66. The van der Waals surface area contributed by atoms with E-state index in [-0.39, 0.29) is 11.1 Å². The number of benzene rings is 2. The maximum absolute atomic E-state index is 16.6. The van der Waals surface area contributed by atoms with Gasteiger partial charge in [-0.15, -0.1) is 0 Å². The smallest absolute Gasteiger partial charge is 0.338 e. The third-order valence-corrected chi connectivity index (χ3v) is 4.98. The standard InChI is InChI=1S/C20H15FO4/c1-24-18(22)16-15-11-7-3-5-9-13(11)20(21,17(16)19(23)25-2)14-10-6-4-8-12(14)15/h3-10,15H,1-2H3. The Bertz CT molecular complexity index is 897. The Morgan fingerprint density at radius 2 is 1.36 bits per heavy atom. The molecule has 0 spiro atoms. The van der Waals surface area contributed by atoms with E-state index in [2.05, 4.69) is 0 Å². The van der Waals surface area contributed by atoms with E-state index < -0.39 is 23.5 Å². The Kier molecular flexibility index (Phi) is 3.29. The van der Waals surface area contributed by atoms with Gasteiger partial charge in [0.05, 0.1) is 25.4 Å². The normalized spacial score (nSPS) is 22.9. The van der Waals surface area contributed by atoms with Crippen LogP contribution < -0.4 is 0 Å². The van der Waals surface area contributed by atoms with Crippen LogP contribution in [0.4, 0.5) is 4.39 Å². The van der Waals surface area contributed by atoms with E-state index in [1.54, 1.807) is 48.5 Å². The number of carbonyl (C=O) groups excluding carboxylic acids is 2. The van der Waals surface area contributed by atoms with Crippen LogP contribution in [-0.2, 0) is 24.7 Å². The van der Waals surface area contributed by atoms with E-state index in [9.17, 15) is 9.59 Å². The molecule has 3 aliphatic carbocycles. The molecule has 126 valence electrons. The summed E-state index contributed by atoms with van der Waals surface area (Å²) in [4.78, 5) is 25.0. The van der Waals surface area contributed by atoms with Crippen molar-refractivity contribution in [3.05, 3.63) is 81.9 Å². The first-order chi connectivity index (χ1) is 12.1. The lowest BCUT2D eigenvalue weighted by atomic mass is 9.59. The first-order valence-electron chi connectivity index (χ1n) is 7.84. The zero-order chi connectivity index (χ0) is 17.8. The maximum atomic E-state index is 16.6. The van der Waals surface area contributed by atoms with Crippen LogP contribution in [0.25, 0.3) is 0 Å². The third-order valence-electron chi connectivity index (χ3n) is 4.98. The first-order valence-corrected chi connectivity index (χ1v) is 7.84. The van der Waals surface area contributed by atoms with Gasteiger partial charge in [0.2, 0.25) is 0 Å². The summed E-state index contributed by atoms with van der Waals surface area (Å²) in [5.74, 6) is -2.15. The minimum absolute atomic E-state index is 0.00856. The maximum Gasteiger partial charge on any atom is 0.338 e. The van der Waals surface area contributed by atoms with Crippen molar-refractivity contribution in [1.82, 2.24) is 0 Å². The molecular weight excluding hydrogens is 323 g/mol. The van der Waals surface area contributed by atoms with E-state index in [1.807, 2.05) is 0 Å². The van der Waals surface area contributed by atoms with Crippen molar-refractivity contribution in [2.75, 3.05) is 14.2 Å². The molecule has 0 heterocycles. The molecule has 0 amide bonds. The topological polar surface area (TPSA) is 52.6 Å². The van der Waals surface area contributed by atoms with Crippen LogP contribution in [0.2, 0.25) is 0 Å². The number of rotatable bonds is 2. The molecule has 4 nitrogen and oxygen atoms in total. The zero-order valence-electron chi connectivity index (χ0n) is 13.7. The van der Waals surface area contributed by atoms with Gasteiger partial charge in [-0.2, -0.15) is 0 Å². The fraction of sp³-hybridized carbons (Fsp3) is 0.200. The SMILES string of the molecule is COC(=O)C1=C(C(=O)OC)C2(F)c3ccccc3C1c1ccccc12. The van der Waals surface area contributed by atoms with Crippen molar-refractivity contribution in [3.63, 3.8) is 0 Å². The zero-order valence-corrected chi connectivity index (χ0v) is 13.7. The quantitative estimate of drug-likeness (QED) is 0.790. The molecule has 2 bridgehead atoms. The molecule has 0 radical (unpaired) electrons. The molecule has 0 saturated carbocycles. The molecule has 25 heavy (non-hydrogen) atoms. The highest BCUT2D eigenvalue weighted by Gasteiger charge is 2.58. The number of alkyl halides is 1. The summed E-state index contributed by atoms with van der Waals surface area (Å²) in [6, 6.07) is 13.9. The minimum atomic E-state index is -2.25. The summed E-state index contributed by atoms with van der Waals surface area (Å²) in [5.41, 5.74) is -0.469. The molecule has 0 aliphatic heterocycles. The second-order valence-electron chi connectivity index (χ2n) is 6.04. The summed E-state index contributed by atoms with van der Waals surface area (Å²) in [7, 11) is 2.39. The number of methoxy groups -OCH3 is 2. The molecule has 2 aromatic carbocycles. The minimum Gasteiger partial charge on any atom is -0.466 e. The van der Waals surface area contributed by atoms with Crippen LogP contribution in [-0.4, -0.2) is 26.2 Å². The fourth-order valence-electron chi connectivity index (χ4n) is 4.03. The van der Waals surface area contributed by atoms with Gasteiger partial charge in [0.1, 0.15) is 0 Å². The molecule has 5 rings (SSSR count). The van der Waals surface area contributed by atoms with Gasteiger partial charge in [-0.1, -0.05) is 48.5 Å². The van der Waals surface area contributed by atoms with Crippen LogP contribution in [0.3, 0.4) is 0 Å². The fourth-order valence-corrected chi connectivity index (χ4v) is 4.03. The van der Waals surface area contributed by atoms with Crippen molar-refractivity contribution in [1.29, 1.82) is 0 Å². The van der Waals surface area contributed by atoms with Crippen molar-refractivity contribution in [3.8, 4) is 0 Å². The second-order valence-corrected chi connectivity index (χ2v) is 6.04.